The van der Waals surface area contributed by atoms with Crippen molar-refractivity contribution < 1.29 is 19.1 Å². The highest BCUT2D eigenvalue weighted by Crippen LogP contribution is 2.30. The zero-order valence-corrected chi connectivity index (χ0v) is 13.6. The second-order valence-electron chi connectivity index (χ2n) is 4.56. The van der Waals surface area contributed by atoms with Crippen LogP contribution in [0.4, 0.5) is 0 Å². The Morgan fingerprint density at radius 2 is 1.24 bits per heavy atom. The summed E-state index contributed by atoms with van der Waals surface area (Å²) in [4.78, 5) is 23.3. The first-order chi connectivity index (χ1) is 7.67. The number of hydrogen-bond acceptors (Lipinski definition) is 4. The molecule has 0 bridgehead atoms. The summed E-state index contributed by atoms with van der Waals surface area (Å²) < 4.78 is 8.32. The van der Waals surface area contributed by atoms with Crippen molar-refractivity contribution in [3.63, 3.8) is 0 Å². The van der Waals surface area contributed by atoms with Crippen LogP contribution in [0.25, 0.3) is 0 Å². The van der Waals surface area contributed by atoms with Gasteiger partial charge in [0.2, 0.25) is 0 Å². The molecule has 6 heteroatoms. The van der Waals surface area contributed by atoms with Gasteiger partial charge >= 0.3 is 11.9 Å². The molecule has 0 aromatic heterocycles. The van der Waals surface area contributed by atoms with Gasteiger partial charge < -0.3 is 9.47 Å². The molecule has 0 unspecified atom stereocenters. The fourth-order valence-corrected chi connectivity index (χ4v) is 1.21. The third kappa shape index (κ3) is 6.41. The van der Waals surface area contributed by atoms with E-state index in [4.69, 9.17) is 9.47 Å². The van der Waals surface area contributed by atoms with Gasteiger partial charge in [-0.05, 0) is 43.7 Å². The van der Waals surface area contributed by atoms with Gasteiger partial charge in [-0.25, -0.2) is 9.59 Å². The summed E-state index contributed by atoms with van der Waals surface area (Å²) in [6, 6.07) is 0. The summed E-state index contributed by atoms with van der Waals surface area (Å²) in [5.41, 5.74) is 0. The lowest BCUT2D eigenvalue weighted by molar-refractivity contribution is -0.155. The van der Waals surface area contributed by atoms with Crippen molar-refractivity contribution in [2.75, 3.05) is 13.2 Å². The van der Waals surface area contributed by atoms with E-state index in [2.05, 4.69) is 31.9 Å². The van der Waals surface area contributed by atoms with E-state index in [-0.39, 0.29) is 25.0 Å². The monoisotopic (exact) mass is 372 g/mol. The van der Waals surface area contributed by atoms with Crippen LogP contribution in [0, 0.1) is 11.8 Å². The number of carbonyl (C=O) groups is 2. The number of esters is 2. The lowest BCUT2D eigenvalue weighted by Gasteiger charge is -2.18. The van der Waals surface area contributed by atoms with Crippen LogP contribution in [0.1, 0.15) is 27.7 Å². The van der Waals surface area contributed by atoms with Gasteiger partial charge in [-0.15, -0.1) is 0 Å². The van der Waals surface area contributed by atoms with Gasteiger partial charge in [0.15, 0.2) is 0 Å². The predicted octanol–water partition coefficient (Wildman–Crippen LogP) is 2.87. The zero-order valence-electron chi connectivity index (χ0n) is 10.5. The van der Waals surface area contributed by atoms with Crippen LogP contribution in [0.2, 0.25) is 0 Å². The second-order valence-corrected chi connectivity index (χ2v) is 8.00. The van der Waals surface area contributed by atoms with E-state index in [1.165, 1.54) is 0 Å². The minimum atomic E-state index is -1.61. The quantitative estimate of drug-likeness (QED) is 0.408. The summed E-state index contributed by atoms with van der Waals surface area (Å²) in [6.45, 7) is 8.16. The molecule has 0 aliphatic heterocycles. The third-order valence-electron chi connectivity index (χ3n) is 1.61. The Morgan fingerprint density at radius 3 is 1.47 bits per heavy atom. The number of hydrogen-bond donors (Lipinski definition) is 0. The molecule has 0 fully saturated rings. The first-order valence-corrected chi connectivity index (χ1v) is 6.98. The lowest BCUT2D eigenvalue weighted by atomic mass is 10.2. The van der Waals surface area contributed by atoms with Crippen LogP contribution >= 0.6 is 31.9 Å². The lowest BCUT2D eigenvalue weighted by Crippen LogP contribution is -2.38. The average Bonchev–Trinajstić information content (AvgIpc) is 2.21. The topological polar surface area (TPSA) is 52.6 Å². The van der Waals surface area contributed by atoms with E-state index in [9.17, 15) is 9.59 Å². The summed E-state index contributed by atoms with van der Waals surface area (Å²) in [6.07, 6.45) is 0. The molecule has 0 saturated heterocycles. The first-order valence-electron chi connectivity index (χ1n) is 5.40. The van der Waals surface area contributed by atoms with E-state index in [0.717, 1.165) is 0 Å². The van der Waals surface area contributed by atoms with Gasteiger partial charge in [-0.1, -0.05) is 27.7 Å². The highest BCUT2D eigenvalue weighted by atomic mass is 79.9. The normalized spacial score (nSPS) is 11.8. The Morgan fingerprint density at radius 1 is 0.941 bits per heavy atom. The number of alkyl halides is 2. The van der Waals surface area contributed by atoms with Crippen molar-refractivity contribution in [3.05, 3.63) is 0 Å². The van der Waals surface area contributed by atoms with Crippen molar-refractivity contribution in [2.45, 2.75) is 30.9 Å². The SMILES string of the molecule is CC(C)COC(=O)C(Br)(Br)C(=O)OCC(C)C. The summed E-state index contributed by atoms with van der Waals surface area (Å²) >= 11 is 5.96. The molecule has 0 aliphatic rings. The molecule has 0 saturated carbocycles. The molecular formula is C11H18Br2O4. The molecule has 0 aromatic carbocycles. The highest BCUT2D eigenvalue weighted by molar-refractivity contribution is 9.26. The molecule has 0 aromatic rings. The molecule has 0 amide bonds. The van der Waals surface area contributed by atoms with Gasteiger partial charge in [0.1, 0.15) is 0 Å². The van der Waals surface area contributed by atoms with E-state index >= 15 is 0 Å². The number of halogens is 2. The second kappa shape index (κ2) is 7.36. The van der Waals surface area contributed by atoms with Crippen LogP contribution in [0.3, 0.4) is 0 Å². The molecule has 0 radical (unpaired) electrons. The third-order valence-corrected chi connectivity index (χ3v) is 2.90. The Hall–Kier alpha value is -0.100. The molecule has 0 heterocycles. The minimum Gasteiger partial charge on any atom is -0.463 e. The van der Waals surface area contributed by atoms with E-state index in [1.54, 1.807) is 0 Å². The van der Waals surface area contributed by atoms with Crippen LogP contribution < -0.4 is 0 Å². The Kier molecular flexibility index (Phi) is 7.32. The maximum absolute atomic E-state index is 11.6. The van der Waals surface area contributed by atoms with Crippen LogP contribution in [0.5, 0.6) is 0 Å². The maximum atomic E-state index is 11.6. The molecule has 0 aliphatic carbocycles. The maximum Gasteiger partial charge on any atom is 0.345 e. The van der Waals surface area contributed by atoms with Crippen molar-refractivity contribution in [3.8, 4) is 0 Å². The van der Waals surface area contributed by atoms with E-state index < -0.39 is 15.2 Å². The standard InChI is InChI=1S/C11H18Br2O4/c1-7(2)5-16-9(14)11(12,13)10(15)17-6-8(3)4/h7-8H,5-6H2,1-4H3. The van der Waals surface area contributed by atoms with Gasteiger partial charge in [0.25, 0.3) is 3.23 Å². The molecule has 17 heavy (non-hydrogen) atoms. The fraction of sp³-hybridized carbons (Fsp3) is 0.818. The summed E-state index contributed by atoms with van der Waals surface area (Å²) in [7, 11) is 0. The van der Waals surface area contributed by atoms with E-state index in [1.807, 2.05) is 27.7 Å². The summed E-state index contributed by atoms with van der Waals surface area (Å²) in [5.74, 6) is -0.970. The molecular weight excluding hydrogens is 356 g/mol. The van der Waals surface area contributed by atoms with Crippen molar-refractivity contribution in [2.24, 2.45) is 11.8 Å². The first kappa shape index (κ1) is 16.9. The van der Waals surface area contributed by atoms with Gasteiger partial charge in [0, 0.05) is 0 Å². The van der Waals surface area contributed by atoms with E-state index in [0.29, 0.717) is 0 Å². The number of ether oxygens (including phenoxy) is 2. The van der Waals surface area contributed by atoms with Gasteiger partial charge in [-0.2, -0.15) is 0 Å². The predicted molar refractivity (Wildman–Crippen MR) is 72.2 cm³/mol. The summed E-state index contributed by atoms with van der Waals surface area (Å²) in [5, 5.41) is 0. The fourth-order valence-electron chi connectivity index (χ4n) is 0.749. The van der Waals surface area contributed by atoms with Gasteiger partial charge in [0.05, 0.1) is 13.2 Å². The zero-order chi connectivity index (χ0) is 13.6. The van der Waals surface area contributed by atoms with Crippen molar-refractivity contribution in [1.82, 2.24) is 0 Å². The molecule has 4 nitrogen and oxygen atoms in total. The molecule has 0 spiro atoms. The average molecular weight is 374 g/mol. The minimum absolute atomic E-state index is 0.210. The molecule has 0 N–H and O–H groups in total. The Balaban J connectivity index is 4.33. The highest BCUT2D eigenvalue weighted by Gasteiger charge is 2.44. The number of rotatable bonds is 6. The Bertz CT molecular complexity index is 249. The van der Waals surface area contributed by atoms with Crippen LogP contribution in [-0.4, -0.2) is 28.4 Å². The van der Waals surface area contributed by atoms with Crippen LogP contribution in [0.15, 0.2) is 0 Å². The van der Waals surface area contributed by atoms with Crippen LogP contribution in [-0.2, 0) is 19.1 Å². The molecule has 0 atom stereocenters. The number of carbonyl (C=O) groups excluding carboxylic acids is 2. The largest absolute Gasteiger partial charge is 0.463 e. The Labute approximate surface area is 119 Å². The molecule has 100 valence electrons. The smallest absolute Gasteiger partial charge is 0.345 e. The van der Waals surface area contributed by atoms with Gasteiger partial charge in [-0.3, -0.25) is 0 Å². The van der Waals surface area contributed by atoms with Crippen molar-refractivity contribution in [1.29, 1.82) is 0 Å². The van der Waals surface area contributed by atoms with Crippen molar-refractivity contribution >= 4 is 43.8 Å². The molecule has 0 rings (SSSR count).